The van der Waals surface area contributed by atoms with Gasteiger partial charge in [0.25, 0.3) is 11.6 Å². The van der Waals surface area contributed by atoms with Crippen molar-refractivity contribution in [1.82, 2.24) is 4.57 Å². The maximum absolute atomic E-state index is 12.8. The number of nitrogens with zero attached hydrogens (tertiary/aromatic N) is 3. The van der Waals surface area contributed by atoms with E-state index >= 15 is 0 Å². The fourth-order valence-corrected chi connectivity index (χ4v) is 3.77. The van der Waals surface area contributed by atoms with Crippen molar-refractivity contribution < 1.29 is 19.2 Å². The molecule has 1 heterocycles. The molecule has 0 spiro atoms. The van der Waals surface area contributed by atoms with Crippen LogP contribution in [0.4, 0.5) is 5.69 Å². The molecule has 0 bridgehead atoms. The lowest BCUT2D eigenvalue weighted by molar-refractivity contribution is -0.384. The lowest BCUT2D eigenvalue weighted by atomic mass is 10.2. The van der Waals surface area contributed by atoms with Gasteiger partial charge in [-0.25, -0.2) is 0 Å². The molecular weight excluding hydrogens is 382 g/mol. The number of hydrogen-bond donors (Lipinski definition) is 0. The second-order valence-corrected chi connectivity index (χ2v) is 6.55. The zero-order chi connectivity index (χ0) is 20.3. The van der Waals surface area contributed by atoms with Gasteiger partial charge in [0.2, 0.25) is 0 Å². The second kappa shape index (κ2) is 7.94. The minimum absolute atomic E-state index is 0.0473. The molecular formula is C19H15N3O5S. The van der Waals surface area contributed by atoms with Crippen molar-refractivity contribution >= 4 is 33.1 Å². The summed E-state index contributed by atoms with van der Waals surface area (Å²) >= 11 is 1.15. The van der Waals surface area contributed by atoms with Crippen molar-refractivity contribution in [2.45, 2.75) is 6.54 Å². The summed E-state index contributed by atoms with van der Waals surface area (Å²) in [5, 5.41) is 11.0. The highest BCUT2D eigenvalue weighted by atomic mass is 32.1. The Hall–Kier alpha value is -3.64. The third kappa shape index (κ3) is 3.45. The minimum atomic E-state index is -0.539. The number of nitro benzene ring substituents is 1. The molecule has 8 nitrogen and oxygen atoms in total. The van der Waals surface area contributed by atoms with Crippen LogP contribution >= 0.6 is 11.3 Å². The zero-order valence-corrected chi connectivity index (χ0v) is 15.9. The van der Waals surface area contributed by atoms with E-state index in [-0.39, 0.29) is 23.5 Å². The first kappa shape index (κ1) is 19.1. The van der Waals surface area contributed by atoms with Gasteiger partial charge in [-0.2, -0.15) is 4.99 Å². The number of terminal acetylenes is 1. The summed E-state index contributed by atoms with van der Waals surface area (Å²) in [6, 6.07) is 9.33. The van der Waals surface area contributed by atoms with Gasteiger partial charge in [0, 0.05) is 12.1 Å². The molecule has 1 amide bonds. The van der Waals surface area contributed by atoms with Gasteiger partial charge in [0.05, 0.1) is 41.5 Å². The predicted molar refractivity (Wildman–Crippen MR) is 105 cm³/mol. The van der Waals surface area contributed by atoms with Crippen LogP contribution in [-0.4, -0.2) is 29.6 Å². The second-order valence-electron chi connectivity index (χ2n) is 5.54. The van der Waals surface area contributed by atoms with E-state index in [4.69, 9.17) is 15.9 Å². The Labute approximate surface area is 163 Å². The third-order valence-corrected chi connectivity index (χ3v) is 5.00. The van der Waals surface area contributed by atoms with Crippen LogP contribution in [0.3, 0.4) is 0 Å². The summed E-state index contributed by atoms with van der Waals surface area (Å²) in [5.74, 6) is 2.66. The largest absolute Gasteiger partial charge is 0.493 e. The molecule has 0 radical (unpaired) electrons. The van der Waals surface area contributed by atoms with E-state index in [2.05, 4.69) is 10.9 Å². The number of methoxy groups -OCH3 is 2. The monoisotopic (exact) mass is 397 g/mol. The standard InChI is InChI=1S/C19H15N3O5S/c1-4-10-21-14-9-8-12(22(24)25)11-16(14)28-19(21)20-18(23)13-6-5-7-15(26-2)17(13)27-3/h1,5-9,11H,10H2,2-3H3. The number of carbonyl (C=O) groups is 1. The molecule has 0 saturated carbocycles. The van der Waals surface area contributed by atoms with Crippen LogP contribution in [0, 0.1) is 22.5 Å². The number of para-hydroxylation sites is 1. The minimum Gasteiger partial charge on any atom is -0.493 e. The maximum Gasteiger partial charge on any atom is 0.283 e. The van der Waals surface area contributed by atoms with Crippen LogP contribution in [0.5, 0.6) is 11.5 Å². The van der Waals surface area contributed by atoms with Gasteiger partial charge in [-0.1, -0.05) is 23.3 Å². The summed E-state index contributed by atoms with van der Waals surface area (Å²) in [4.78, 5) is 27.9. The molecule has 0 atom stereocenters. The fraction of sp³-hybridized carbons (Fsp3) is 0.158. The normalized spacial score (nSPS) is 11.2. The Morgan fingerprint density at radius 2 is 2.11 bits per heavy atom. The molecule has 3 aromatic rings. The number of carbonyl (C=O) groups excluding carboxylic acids is 1. The van der Waals surface area contributed by atoms with E-state index in [1.54, 1.807) is 28.8 Å². The summed E-state index contributed by atoms with van der Waals surface area (Å²) in [6.45, 7) is 0.166. The molecule has 0 N–H and O–H groups in total. The van der Waals surface area contributed by atoms with E-state index in [0.29, 0.717) is 20.8 Å². The van der Waals surface area contributed by atoms with Gasteiger partial charge < -0.3 is 14.0 Å². The van der Waals surface area contributed by atoms with Gasteiger partial charge >= 0.3 is 0 Å². The van der Waals surface area contributed by atoms with Crippen molar-refractivity contribution in [3.05, 3.63) is 56.9 Å². The topological polar surface area (TPSA) is 96.0 Å². The smallest absolute Gasteiger partial charge is 0.283 e. The number of non-ortho nitro benzene ring substituents is 1. The Bertz CT molecular complexity index is 1190. The first-order chi connectivity index (χ1) is 13.5. The molecule has 1 aromatic heterocycles. The molecule has 28 heavy (non-hydrogen) atoms. The van der Waals surface area contributed by atoms with Crippen molar-refractivity contribution in [2.75, 3.05) is 14.2 Å². The molecule has 2 aromatic carbocycles. The van der Waals surface area contributed by atoms with Crippen molar-refractivity contribution in [2.24, 2.45) is 4.99 Å². The number of aromatic nitrogens is 1. The van der Waals surface area contributed by atoms with Crippen molar-refractivity contribution in [3.63, 3.8) is 0 Å². The van der Waals surface area contributed by atoms with Gasteiger partial charge in [-0.15, -0.1) is 6.42 Å². The fourth-order valence-electron chi connectivity index (χ4n) is 2.71. The number of ether oxygens (including phenoxy) is 2. The first-order valence-electron chi connectivity index (χ1n) is 8.01. The van der Waals surface area contributed by atoms with Gasteiger partial charge in [-0.3, -0.25) is 14.9 Å². The molecule has 0 aliphatic rings. The molecule has 3 rings (SSSR count). The quantitative estimate of drug-likeness (QED) is 0.375. The number of hydrogen-bond acceptors (Lipinski definition) is 6. The predicted octanol–water partition coefficient (Wildman–Crippen LogP) is 3.00. The van der Waals surface area contributed by atoms with Gasteiger partial charge in [0.1, 0.15) is 0 Å². The number of nitro groups is 1. The average Bonchev–Trinajstić information content (AvgIpc) is 3.03. The van der Waals surface area contributed by atoms with Crippen LogP contribution < -0.4 is 14.3 Å². The SMILES string of the molecule is C#CCn1c(=NC(=O)c2cccc(OC)c2OC)sc2cc([N+](=O)[O-])ccc21. The maximum atomic E-state index is 12.8. The van der Waals surface area contributed by atoms with Crippen LogP contribution in [0.15, 0.2) is 41.4 Å². The van der Waals surface area contributed by atoms with E-state index < -0.39 is 10.8 Å². The molecule has 0 fully saturated rings. The number of amides is 1. The lowest BCUT2D eigenvalue weighted by Gasteiger charge is -2.09. The van der Waals surface area contributed by atoms with E-state index in [1.165, 1.54) is 26.4 Å². The van der Waals surface area contributed by atoms with E-state index in [1.807, 2.05) is 0 Å². The lowest BCUT2D eigenvalue weighted by Crippen LogP contribution is -2.16. The summed E-state index contributed by atoms with van der Waals surface area (Å²) in [7, 11) is 2.91. The third-order valence-electron chi connectivity index (χ3n) is 3.96. The Balaban J connectivity index is 2.18. The molecule has 0 aliphatic carbocycles. The van der Waals surface area contributed by atoms with E-state index in [0.717, 1.165) is 11.3 Å². The number of benzene rings is 2. The Morgan fingerprint density at radius 3 is 2.75 bits per heavy atom. The van der Waals surface area contributed by atoms with Crippen LogP contribution in [0.25, 0.3) is 10.2 Å². The van der Waals surface area contributed by atoms with Crippen LogP contribution in [-0.2, 0) is 6.54 Å². The van der Waals surface area contributed by atoms with Crippen molar-refractivity contribution in [3.8, 4) is 23.8 Å². The summed E-state index contributed by atoms with van der Waals surface area (Å²) < 4.78 is 12.8. The van der Waals surface area contributed by atoms with Crippen LogP contribution in [0.1, 0.15) is 10.4 Å². The van der Waals surface area contributed by atoms with Crippen molar-refractivity contribution in [1.29, 1.82) is 0 Å². The summed E-state index contributed by atoms with van der Waals surface area (Å²) in [6.07, 6.45) is 5.45. The van der Waals surface area contributed by atoms with Gasteiger partial charge in [-0.05, 0) is 18.2 Å². The zero-order valence-electron chi connectivity index (χ0n) is 15.0. The van der Waals surface area contributed by atoms with Gasteiger partial charge in [0.15, 0.2) is 16.3 Å². The molecule has 0 saturated heterocycles. The Morgan fingerprint density at radius 1 is 1.32 bits per heavy atom. The molecule has 0 unspecified atom stereocenters. The van der Waals surface area contributed by atoms with E-state index in [9.17, 15) is 14.9 Å². The average molecular weight is 397 g/mol. The highest BCUT2D eigenvalue weighted by Gasteiger charge is 2.17. The molecule has 0 aliphatic heterocycles. The number of fused-ring (bicyclic) bond motifs is 1. The highest BCUT2D eigenvalue weighted by Crippen LogP contribution is 2.31. The number of thiazole rings is 1. The highest BCUT2D eigenvalue weighted by molar-refractivity contribution is 7.16. The van der Waals surface area contributed by atoms with Crippen LogP contribution in [0.2, 0.25) is 0 Å². The molecule has 142 valence electrons. The molecule has 9 heteroatoms. The first-order valence-corrected chi connectivity index (χ1v) is 8.83. The Kier molecular flexibility index (Phi) is 5.42. The number of rotatable bonds is 5. The summed E-state index contributed by atoms with van der Waals surface area (Å²) in [5.41, 5.74) is 0.851.